The van der Waals surface area contributed by atoms with Gasteiger partial charge in [0.1, 0.15) is 18.8 Å². The topological polar surface area (TPSA) is 82.6 Å². The number of amides is 2. The molecule has 0 radical (unpaired) electrons. The molecule has 1 aliphatic heterocycles. The van der Waals surface area contributed by atoms with Crippen LogP contribution in [0, 0.1) is 13.8 Å². The van der Waals surface area contributed by atoms with E-state index in [1.807, 2.05) is 38.1 Å². The van der Waals surface area contributed by atoms with Crippen LogP contribution < -0.4 is 20.3 Å². The third kappa shape index (κ3) is 5.56. The number of rotatable bonds is 6. The van der Waals surface area contributed by atoms with Gasteiger partial charge in [0.2, 0.25) is 5.88 Å². The van der Waals surface area contributed by atoms with Gasteiger partial charge in [-0.3, -0.25) is 0 Å². The first-order chi connectivity index (χ1) is 13.5. The average molecular weight is 384 g/mol. The third-order valence-electron chi connectivity index (χ3n) is 4.86. The number of hydrogen-bond donors (Lipinski definition) is 2. The molecular formula is C20H28N6O2. The number of benzene rings is 1. The van der Waals surface area contributed by atoms with E-state index in [-0.39, 0.29) is 6.03 Å². The number of likely N-dealkylation sites (N-methyl/N-ethyl adjacent to an activating group) is 1. The second-order valence-corrected chi connectivity index (χ2v) is 7.03. The first-order valence-electron chi connectivity index (χ1n) is 9.52. The van der Waals surface area contributed by atoms with E-state index in [1.165, 1.54) is 11.9 Å². The van der Waals surface area contributed by atoms with Gasteiger partial charge in [0, 0.05) is 37.9 Å². The lowest BCUT2D eigenvalue weighted by Gasteiger charge is -2.33. The summed E-state index contributed by atoms with van der Waals surface area (Å²) in [5.41, 5.74) is 3.11. The van der Waals surface area contributed by atoms with Gasteiger partial charge in [-0.1, -0.05) is 6.07 Å². The summed E-state index contributed by atoms with van der Waals surface area (Å²) in [6.45, 7) is 8.67. The van der Waals surface area contributed by atoms with Crippen LogP contribution in [0.2, 0.25) is 0 Å². The van der Waals surface area contributed by atoms with Gasteiger partial charge in [-0.25, -0.2) is 14.8 Å². The van der Waals surface area contributed by atoms with Crippen LogP contribution in [-0.2, 0) is 0 Å². The maximum absolute atomic E-state index is 12.0. The second kappa shape index (κ2) is 9.36. The summed E-state index contributed by atoms with van der Waals surface area (Å²) in [5, 5.41) is 5.61. The van der Waals surface area contributed by atoms with Crippen molar-refractivity contribution in [2.45, 2.75) is 13.8 Å². The summed E-state index contributed by atoms with van der Waals surface area (Å²) >= 11 is 0. The van der Waals surface area contributed by atoms with Gasteiger partial charge in [-0.15, -0.1) is 0 Å². The monoisotopic (exact) mass is 384 g/mol. The number of carbonyl (C=O) groups is 1. The second-order valence-electron chi connectivity index (χ2n) is 7.03. The fourth-order valence-electron chi connectivity index (χ4n) is 2.93. The van der Waals surface area contributed by atoms with E-state index in [9.17, 15) is 4.79 Å². The molecule has 8 heteroatoms. The van der Waals surface area contributed by atoms with E-state index in [1.54, 1.807) is 0 Å². The van der Waals surface area contributed by atoms with Crippen LogP contribution in [0.5, 0.6) is 5.88 Å². The fraction of sp³-hybridized carbons (Fsp3) is 0.450. The minimum absolute atomic E-state index is 0.257. The molecule has 8 nitrogen and oxygen atoms in total. The van der Waals surface area contributed by atoms with Crippen molar-refractivity contribution in [2.24, 2.45) is 0 Å². The van der Waals surface area contributed by atoms with Crippen molar-refractivity contribution in [2.75, 3.05) is 56.6 Å². The van der Waals surface area contributed by atoms with E-state index >= 15 is 0 Å². The lowest BCUT2D eigenvalue weighted by atomic mass is 10.1. The summed E-state index contributed by atoms with van der Waals surface area (Å²) < 4.78 is 5.66. The zero-order chi connectivity index (χ0) is 19.9. The summed E-state index contributed by atoms with van der Waals surface area (Å²) in [7, 11) is 2.12. The SMILES string of the molecule is Cc1ccc(NC(=O)NCCOc2cc(N3CCN(C)CC3)ncn2)cc1C. The Morgan fingerprint density at radius 3 is 2.64 bits per heavy atom. The van der Waals surface area contributed by atoms with Crippen LogP contribution in [0.4, 0.5) is 16.3 Å². The van der Waals surface area contributed by atoms with Gasteiger partial charge in [0.15, 0.2) is 0 Å². The van der Waals surface area contributed by atoms with Crippen molar-refractivity contribution in [3.8, 4) is 5.88 Å². The third-order valence-corrected chi connectivity index (χ3v) is 4.86. The van der Waals surface area contributed by atoms with Crippen LogP contribution >= 0.6 is 0 Å². The van der Waals surface area contributed by atoms with Crippen molar-refractivity contribution in [3.63, 3.8) is 0 Å². The molecule has 0 unspecified atom stereocenters. The molecule has 1 aromatic heterocycles. The van der Waals surface area contributed by atoms with Crippen molar-refractivity contribution in [1.82, 2.24) is 20.2 Å². The molecule has 0 bridgehead atoms. The Bertz CT molecular complexity index is 805. The molecule has 0 saturated carbocycles. The lowest BCUT2D eigenvalue weighted by molar-refractivity contribution is 0.246. The molecule has 0 spiro atoms. The highest BCUT2D eigenvalue weighted by Gasteiger charge is 2.16. The maximum atomic E-state index is 12.0. The predicted molar refractivity (Wildman–Crippen MR) is 110 cm³/mol. The Morgan fingerprint density at radius 2 is 1.89 bits per heavy atom. The number of nitrogens with zero attached hydrogens (tertiary/aromatic N) is 4. The summed E-state index contributed by atoms with van der Waals surface area (Å²) in [6.07, 6.45) is 1.52. The Kier molecular flexibility index (Phi) is 6.65. The molecular weight excluding hydrogens is 356 g/mol. The highest BCUT2D eigenvalue weighted by atomic mass is 16.5. The van der Waals surface area contributed by atoms with E-state index in [0.29, 0.717) is 19.0 Å². The highest BCUT2D eigenvalue weighted by molar-refractivity contribution is 5.89. The molecule has 2 amide bonds. The molecule has 2 aromatic rings. The molecule has 1 saturated heterocycles. The summed E-state index contributed by atoms with van der Waals surface area (Å²) in [6, 6.07) is 7.42. The van der Waals surface area contributed by atoms with E-state index < -0.39 is 0 Å². The van der Waals surface area contributed by atoms with Gasteiger partial charge in [-0.05, 0) is 44.2 Å². The molecule has 0 atom stereocenters. The van der Waals surface area contributed by atoms with Crippen molar-refractivity contribution in [1.29, 1.82) is 0 Å². The van der Waals surface area contributed by atoms with E-state index in [4.69, 9.17) is 4.74 Å². The van der Waals surface area contributed by atoms with Gasteiger partial charge in [0.25, 0.3) is 0 Å². The molecule has 1 aromatic carbocycles. The zero-order valence-electron chi connectivity index (χ0n) is 16.7. The zero-order valence-corrected chi connectivity index (χ0v) is 16.7. The van der Waals surface area contributed by atoms with Crippen LogP contribution in [0.1, 0.15) is 11.1 Å². The highest BCUT2D eigenvalue weighted by Crippen LogP contribution is 2.17. The number of piperazine rings is 1. The molecule has 28 heavy (non-hydrogen) atoms. The number of carbonyl (C=O) groups excluding carboxylic acids is 1. The molecule has 2 heterocycles. The minimum Gasteiger partial charge on any atom is -0.476 e. The molecule has 1 fully saturated rings. The summed E-state index contributed by atoms with van der Waals surface area (Å²) in [4.78, 5) is 25.0. The van der Waals surface area contributed by atoms with Gasteiger partial charge in [0.05, 0.1) is 6.54 Å². The van der Waals surface area contributed by atoms with E-state index in [2.05, 4.69) is 37.4 Å². The van der Waals surface area contributed by atoms with Crippen LogP contribution in [0.15, 0.2) is 30.6 Å². The average Bonchev–Trinajstić information content (AvgIpc) is 2.69. The largest absolute Gasteiger partial charge is 0.476 e. The Hall–Kier alpha value is -2.87. The van der Waals surface area contributed by atoms with Crippen molar-refractivity contribution >= 4 is 17.5 Å². The van der Waals surface area contributed by atoms with Gasteiger partial charge in [-0.2, -0.15) is 0 Å². The Labute approximate surface area is 165 Å². The van der Waals surface area contributed by atoms with Crippen LogP contribution in [0.25, 0.3) is 0 Å². The number of hydrogen-bond acceptors (Lipinski definition) is 6. The maximum Gasteiger partial charge on any atom is 0.319 e. The van der Waals surface area contributed by atoms with Crippen molar-refractivity contribution < 1.29 is 9.53 Å². The van der Waals surface area contributed by atoms with Gasteiger partial charge < -0.3 is 25.2 Å². The lowest BCUT2D eigenvalue weighted by Crippen LogP contribution is -2.44. The van der Waals surface area contributed by atoms with Crippen LogP contribution in [-0.4, -0.2) is 67.3 Å². The number of anilines is 2. The Balaban J connectivity index is 1.41. The van der Waals surface area contributed by atoms with Gasteiger partial charge >= 0.3 is 6.03 Å². The number of urea groups is 1. The van der Waals surface area contributed by atoms with E-state index in [0.717, 1.165) is 43.2 Å². The van der Waals surface area contributed by atoms with Crippen molar-refractivity contribution in [3.05, 3.63) is 41.7 Å². The molecule has 0 aliphatic carbocycles. The first kappa shape index (κ1) is 19.9. The number of aryl methyl sites for hydroxylation is 2. The first-order valence-corrected chi connectivity index (χ1v) is 9.52. The molecule has 2 N–H and O–H groups in total. The molecule has 1 aliphatic rings. The minimum atomic E-state index is -0.257. The summed E-state index contributed by atoms with van der Waals surface area (Å²) in [5.74, 6) is 1.39. The fourth-order valence-corrected chi connectivity index (χ4v) is 2.93. The predicted octanol–water partition coefficient (Wildman–Crippen LogP) is 2.05. The standard InChI is InChI=1S/C20H28N6O2/c1-15-4-5-17(12-16(15)2)24-20(27)21-6-11-28-19-13-18(22-14-23-19)26-9-7-25(3)8-10-26/h4-5,12-14H,6-11H2,1-3H3,(H2,21,24,27). The normalized spacial score (nSPS) is 14.6. The Morgan fingerprint density at radius 1 is 1.11 bits per heavy atom. The van der Waals surface area contributed by atoms with Crippen LogP contribution in [0.3, 0.4) is 0 Å². The molecule has 3 rings (SSSR count). The smallest absolute Gasteiger partial charge is 0.319 e. The molecule has 150 valence electrons. The quantitative estimate of drug-likeness (QED) is 0.742. The number of nitrogens with one attached hydrogen (secondary N) is 2. The number of ether oxygens (including phenoxy) is 1. The number of aromatic nitrogens is 2.